The highest BCUT2D eigenvalue weighted by molar-refractivity contribution is 5.76. The Balaban J connectivity index is 2.57. The summed E-state index contributed by atoms with van der Waals surface area (Å²) >= 11 is 0. The molecule has 0 atom stereocenters. The van der Waals surface area contributed by atoms with E-state index in [2.05, 4.69) is 9.97 Å². The van der Waals surface area contributed by atoms with Crippen molar-refractivity contribution in [3.63, 3.8) is 0 Å². The summed E-state index contributed by atoms with van der Waals surface area (Å²) in [6, 6.07) is 5.35. The van der Waals surface area contributed by atoms with Crippen LogP contribution in [0.25, 0.3) is 11.3 Å². The van der Waals surface area contributed by atoms with E-state index in [0.717, 1.165) is 11.1 Å². The van der Waals surface area contributed by atoms with Gasteiger partial charge in [0.05, 0.1) is 19.9 Å². The van der Waals surface area contributed by atoms with Gasteiger partial charge in [0.15, 0.2) is 17.8 Å². The molecule has 0 aliphatic heterocycles. The van der Waals surface area contributed by atoms with E-state index in [1.54, 1.807) is 20.3 Å². The summed E-state index contributed by atoms with van der Waals surface area (Å²) < 4.78 is 10.5. The first-order valence-electron chi connectivity index (χ1n) is 5.69. The fraction of sp³-hybridized carbons (Fsp3) is 0.214. The molecule has 0 radical (unpaired) electrons. The van der Waals surface area contributed by atoms with Crippen molar-refractivity contribution in [2.75, 3.05) is 14.2 Å². The van der Waals surface area contributed by atoms with E-state index in [-0.39, 0.29) is 0 Å². The zero-order valence-electron chi connectivity index (χ0n) is 11.0. The molecule has 0 bridgehead atoms. The molecular weight excluding hydrogens is 244 g/mol. The van der Waals surface area contributed by atoms with Gasteiger partial charge in [-0.15, -0.1) is 0 Å². The normalized spacial score (nSPS) is 10.1. The number of hydrogen-bond acceptors (Lipinski definition) is 5. The minimum atomic E-state index is 0.346. The third kappa shape index (κ3) is 2.54. The molecule has 98 valence electrons. The minimum absolute atomic E-state index is 0.346. The number of rotatable bonds is 4. The van der Waals surface area contributed by atoms with E-state index in [9.17, 15) is 4.79 Å². The van der Waals surface area contributed by atoms with Crippen molar-refractivity contribution in [3.05, 3.63) is 35.8 Å². The van der Waals surface area contributed by atoms with E-state index in [1.165, 1.54) is 6.33 Å². The first-order chi connectivity index (χ1) is 9.19. The van der Waals surface area contributed by atoms with Crippen molar-refractivity contribution in [2.45, 2.75) is 6.92 Å². The van der Waals surface area contributed by atoms with Gasteiger partial charge in [-0.3, -0.25) is 4.79 Å². The summed E-state index contributed by atoms with van der Waals surface area (Å²) in [5.74, 6) is 1.28. The van der Waals surface area contributed by atoms with Crippen LogP contribution in [0.3, 0.4) is 0 Å². The maximum atomic E-state index is 10.8. The van der Waals surface area contributed by atoms with Gasteiger partial charge in [0.25, 0.3) is 0 Å². The lowest BCUT2D eigenvalue weighted by Gasteiger charge is -2.12. The molecule has 0 N–H and O–H groups in total. The molecule has 1 heterocycles. The maximum Gasteiger partial charge on any atom is 0.168 e. The van der Waals surface area contributed by atoms with Gasteiger partial charge in [-0.1, -0.05) is 0 Å². The van der Waals surface area contributed by atoms with E-state index in [0.29, 0.717) is 29.2 Å². The van der Waals surface area contributed by atoms with Gasteiger partial charge in [-0.25, -0.2) is 9.97 Å². The van der Waals surface area contributed by atoms with Gasteiger partial charge in [-0.05, 0) is 30.7 Å². The highest BCUT2D eigenvalue weighted by atomic mass is 16.5. The zero-order valence-corrected chi connectivity index (χ0v) is 11.0. The Kier molecular flexibility index (Phi) is 3.75. The Labute approximate surface area is 111 Å². The van der Waals surface area contributed by atoms with E-state index in [4.69, 9.17) is 9.47 Å². The SMILES string of the molecule is COc1cc(C)c(-c2cc(C=O)ncn2)cc1OC. The van der Waals surface area contributed by atoms with Crippen LogP contribution in [0.15, 0.2) is 24.5 Å². The number of methoxy groups -OCH3 is 2. The molecule has 2 aromatic rings. The van der Waals surface area contributed by atoms with Crippen molar-refractivity contribution in [1.82, 2.24) is 9.97 Å². The molecule has 2 rings (SSSR count). The Hall–Kier alpha value is -2.43. The quantitative estimate of drug-likeness (QED) is 0.787. The van der Waals surface area contributed by atoms with Crippen molar-refractivity contribution in [1.29, 1.82) is 0 Å². The largest absolute Gasteiger partial charge is 0.493 e. The molecule has 0 amide bonds. The molecule has 5 nitrogen and oxygen atoms in total. The van der Waals surface area contributed by atoms with Crippen LogP contribution >= 0.6 is 0 Å². The summed E-state index contributed by atoms with van der Waals surface area (Å²) in [5.41, 5.74) is 2.88. The molecule has 0 saturated heterocycles. The number of aldehydes is 1. The van der Waals surface area contributed by atoms with Crippen molar-refractivity contribution in [2.24, 2.45) is 0 Å². The lowest BCUT2D eigenvalue weighted by Crippen LogP contribution is -1.96. The number of aromatic nitrogens is 2. The highest BCUT2D eigenvalue weighted by Crippen LogP contribution is 2.34. The molecule has 0 unspecified atom stereocenters. The van der Waals surface area contributed by atoms with Crippen LogP contribution in [0.1, 0.15) is 16.1 Å². The van der Waals surface area contributed by atoms with E-state index < -0.39 is 0 Å². The van der Waals surface area contributed by atoms with Crippen molar-refractivity contribution < 1.29 is 14.3 Å². The fourth-order valence-corrected chi connectivity index (χ4v) is 1.84. The summed E-state index contributed by atoms with van der Waals surface area (Å²) in [5, 5.41) is 0. The lowest BCUT2D eigenvalue weighted by molar-refractivity contribution is 0.111. The molecule has 5 heteroatoms. The van der Waals surface area contributed by atoms with Crippen LogP contribution in [-0.4, -0.2) is 30.5 Å². The smallest absolute Gasteiger partial charge is 0.168 e. The average Bonchev–Trinajstić information content (AvgIpc) is 2.46. The van der Waals surface area contributed by atoms with Gasteiger partial charge >= 0.3 is 0 Å². The molecule has 0 fully saturated rings. The molecular formula is C14H14N2O3. The predicted octanol–water partition coefficient (Wildman–Crippen LogP) is 2.28. The topological polar surface area (TPSA) is 61.3 Å². The second-order valence-corrected chi connectivity index (χ2v) is 3.97. The fourth-order valence-electron chi connectivity index (χ4n) is 1.84. The Morgan fingerprint density at radius 3 is 2.37 bits per heavy atom. The third-order valence-corrected chi connectivity index (χ3v) is 2.82. The van der Waals surface area contributed by atoms with Crippen molar-refractivity contribution >= 4 is 6.29 Å². The number of nitrogens with zero attached hydrogens (tertiary/aromatic N) is 2. The summed E-state index contributed by atoms with van der Waals surface area (Å²) in [7, 11) is 3.17. The molecule has 0 spiro atoms. The van der Waals surface area contributed by atoms with Crippen LogP contribution in [0.4, 0.5) is 0 Å². The Morgan fingerprint density at radius 2 is 1.74 bits per heavy atom. The van der Waals surface area contributed by atoms with Crippen LogP contribution in [-0.2, 0) is 0 Å². The second-order valence-electron chi connectivity index (χ2n) is 3.97. The second kappa shape index (κ2) is 5.48. The number of aryl methyl sites for hydroxylation is 1. The molecule has 1 aromatic carbocycles. The first kappa shape index (κ1) is 13.0. The van der Waals surface area contributed by atoms with Crippen LogP contribution < -0.4 is 9.47 Å². The Bertz CT molecular complexity index is 612. The number of ether oxygens (including phenoxy) is 2. The number of carbonyl (C=O) groups is 1. The first-order valence-corrected chi connectivity index (χ1v) is 5.69. The number of hydrogen-bond donors (Lipinski definition) is 0. The average molecular weight is 258 g/mol. The Morgan fingerprint density at radius 1 is 1.05 bits per heavy atom. The third-order valence-electron chi connectivity index (χ3n) is 2.82. The van der Waals surface area contributed by atoms with Crippen LogP contribution in [0.2, 0.25) is 0 Å². The van der Waals surface area contributed by atoms with Gasteiger partial charge in [-0.2, -0.15) is 0 Å². The molecule has 19 heavy (non-hydrogen) atoms. The summed E-state index contributed by atoms with van der Waals surface area (Å²) in [6.45, 7) is 1.94. The molecule has 1 aromatic heterocycles. The highest BCUT2D eigenvalue weighted by Gasteiger charge is 2.11. The van der Waals surface area contributed by atoms with Crippen molar-refractivity contribution in [3.8, 4) is 22.8 Å². The standard InChI is InChI=1S/C14H14N2O3/c1-9-4-13(18-2)14(19-3)6-11(9)12-5-10(7-17)15-8-16-12/h4-8H,1-3H3. The van der Waals surface area contributed by atoms with Crippen LogP contribution in [0.5, 0.6) is 11.5 Å². The minimum Gasteiger partial charge on any atom is -0.493 e. The van der Waals surface area contributed by atoms with E-state index >= 15 is 0 Å². The number of benzene rings is 1. The van der Waals surface area contributed by atoms with Gasteiger partial charge in [0, 0.05) is 5.56 Å². The monoisotopic (exact) mass is 258 g/mol. The predicted molar refractivity (Wildman–Crippen MR) is 70.7 cm³/mol. The molecule has 0 saturated carbocycles. The number of carbonyl (C=O) groups excluding carboxylic acids is 1. The lowest BCUT2D eigenvalue weighted by atomic mass is 10.0. The van der Waals surface area contributed by atoms with E-state index in [1.807, 2.05) is 19.1 Å². The maximum absolute atomic E-state index is 10.8. The summed E-state index contributed by atoms with van der Waals surface area (Å²) in [6.07, 6.45) is 2.07. The van der Waals surface area contributed by atoms with Gasteiger partial charge < -0.3 is 9.47 Å². The van der Waals surface area contributed by atoms with Crippen LogP contribution in [0, 0.1) is 6.92 Å². The zero-order chi connectivity index (χ0) is 13.8. The molecule has 0 aliphatic carbocycles. The summed E-state index contributed by atoms with van der Waals surface area (Å²) in [4.78, 5) is 18.8. The van der Waals surface area contributed by atoms with Gasteiger partial charge in [0.1, 0.15) is 12.0 Å². The van der Waals surface area contributed by atoms with Gasteiger partial charge in [0.2, 0.25) is 0 Å². The molecule has 0 aliphatic rings.